The van der Waals surface area contributed by atoms with Crippen LogP contribution >= 0.6 is 0 Å². The first-order valence-corrected chi connectivity index (χ1v) is 9.06. The number of carbonyl (C=O) groups is 2. The van der Waals surface area contributed by atoms with Crippen molar-refractivity contribution in [3.8, 4) is 6.07 Å². The highest BCUT2D eigenvalue weighted by molar-refractivity contribution is 6.09. The van der Waals surface area contributed by atoms with Gasteiger partial charge in [0.05, 0.1) is 20.3 Å². The van der Waals surface area contributed by atoms with Gasteiger partial charge in [-0.3, -0.25) is 4.79 Å². The van der Waals surface area contributed by atoms with Gasteiger partial charge in [0, 0.05) is 30.5 Å². The molecule has 2 heterocycles. The first-order valence-electron chi connectivity index (χ1n) is 9.06. The molecular formula is C21H21N3O5. The molecule has 0 saturated carbocycles. The summed E-state index contributed by atoms with van der Waals surface area (Å²) >= 11 is 0. The highest BCUT2D eigenvalue weighted by atomic mass is 16.5. The minimum Gasteiger partial charge on any atom is -0.465 e. The van der Waals surface area contributed by atoms with E-state index in [0.29, 0.717) is 24.7 Å². The number of aryl methyl sites for hydroxylation is 1. The number of nitriles is 1. The van der Waals surface area contributed by atoms with Gasteiger partial charge in [-0.25, -0.2) is 4.79 Å². The van der Waals surface area contributed by atoms with E-state index in [-0.39, 0.29) is 16.9 Å². The van der Waals surface area contributed by atoms with Crippen LogP contribution in [0.2, 0.25) is 0 Å². The summed E-state index contributed by atoms with van der Waals surface area (Å²) in [4.78, 5) is 26.3. The minimum absolute atomic E-state index is 0.146. The van der Waals surface area contributed by atoms with E-state index in [1.807, 2.05) is 18.2 Å². The topological polar surface area (TPSA) is 105 Å². The van der Waals surface area contributed by atoms with Gasteiger partial charge in [0.25, 0.3) is 5.91 Å². The zero-order chi connectivity index (χ0) is 20.8. The average Bonchev–Trinajstić information content (AvgIpc) is 3.12. The van der Waals surface area contributed by atoms with Crippen LogP contribution in [-0.4, -0.2) is 45.3 Å². The van der Waals surface area contributed by atoms with Gasteiger partial charge < -0.3 is 24.1 Å². The van der Waals surface area contributed by atoms with Crippen LogP contribution in [0.4, 0.5) is 11.4 Å². The largest absolute Gasteiger partial charge is 0.465 e. The maximum absolute atomic E-state index is 12.5. The number of benzene rings is 1. The molecule has 0 bridgehead atoms. The maximum atomic E-state index is 12.5. The number of morpholine rings is 1. The second kappa shape index (κ2) is 9.08. The number of hydrogen-bond acceptors (Lipinski definition) is 7. The number of esters is 1. The highest BCUT2D eigenvalue weighted by Crippen LogP contribution is 2.21. The summed E-state index contributed by atoms with van der Waals surface area (Å²) in [5.74, 6) is -0.550. The van der Waals surface area contributed by atoms with Gasteiger partial charge in [-0.15, -0.1) is 0 Å². The molecule has 0 atom stereocenters. The lowest BCUT2D eigenvalue weighted by Gasteiger charge is -2.28. The summed E-state index contributed by atoms with van der Waals surface area (Å²) in [5.41, 5.74) is 1.71. The summed E-state index contributed by atoms with van der Waals surface area (Å²) in [6.07, 6.45) is 1.29. The van der Waals surface area contributed by atoms with Gasteiger partial charge >= 0.3 is 5.97 Å². The average molecular weight is 395 g/mol. The fraction of sp³-hybridized carbons (Fsp3) is 0.286. The van der Waals surface area contributed by atoms with Gasteiger partial charge in [0.1, 0.15) is 28.7 Å². The van der Waals surface area contributed by atoms with E-state index in [4.69, 9.17) is 9.15 Å². The summed E-state index contributed by atoms with van der Waals surface area (Å²) in [6, 6.07) is 10.7. The molecular weight excluding hydrogens is 374 g/mol. The molecule has 1 aliphatic rings. The smallest absolute Gasteiger partial charge is 0.341 e. The van der Waals surface area contributed by atoms with Crippen LogP contribution in [-0.2, 0) is 14.3 Å². The second-order valence-electron chi connectivity index (χ2n) is 6.38. The maximum Gasteiger partial charge on any atom is 0.341 e. The van der Waals surface area contributed by atoms with Crippen molar-refractivity contribution in [1.82, 2.24) is 0 Å². The molecule has 1 aromatic heterocycles. The van der Waals surface area contributed by atoms with E-state index in [1.165, 1.54) is 19.3 Å². The van der Waals surface area contributed by atoms with Gasteiger partial charge in [-0.2, -0.15) is 5.26 Å². The Hall–Kier alpha value is -3.57. The van der Waals surface area contributed by atoms with Crippen molar-refractivity contribution in [2.45, 2.75) is 6.92 Å². The summed E-state index contributed by atoms with van der Waals surface area (Å²) in [5, 5.41) is 12.0. The number of carbonyl (C=O) groups excluding carboxylic acids is 2. The van der Waals surface area contributed by atoms with E-state index in [2.05, 4.69) is 15.0 Å². The Bertz CT molecular complexity index is 963. The van der Waals surface area contributed by atoms with Crippen LogP contribution in [0.3, 0.4) is 0 Å². The number of methoxy groups -OCH3 is 1. The predicted molar refractivity (Wildman–Crippen MR) is 106 cm³/mol. The molecule has 1 saturated heterocycles. The zero-order valence-electron chi connectivity index (χ0n) is 16.2. The molecule has 1 fully saturated rings. The van der Waals surface area contributed by atoms with Gasteiger partial charge in [0.2, 0.25) is 0 Å². The lowest BCUT2D eigenvalue weighted by molar-refractivity contribution is -0.112. The van der Waals surface area contributed by atoms with E-state index < -0.39 is 11.9 Å². The van der Waals surface area contributed by atoms with Crippen LogP contribution in [0, 0.1) is 18.3 Å². The number of amides is 1. The Labute approximate surface area is 168 Å². The quantitative estimate of drug-likeness (QED) is 0.471. The number of furan rings is 1. The number of nitrogens with zero attached hydrogens (tertiary/aromatic N) is 2. The molecule has 3 rings (SSSR count). The van der Waals surface area contributed by atoms with E-state index in [9.17, 15) is 14.9 Å². The van der Waals surface area contributed by atoms with Crippen LogP contribution < -0.4 is 10.2 Å². The van der Waals surface area contributed by atoms with Crippen molar-refractivity contribution in [1.29, 1.82) is 5.26 Å². The second-order valence-corrected chi connectivity index (χ2v) is 6.38. The highest BCUT2D eigenvalue weighted by Gasteiger charge is 2.17. The molecule has 1 amide bonds. The van der Waals surface area contributed by atoms with E-state index >= 15 is 0 Å². The fourth-order valence-electron chi connectivity index (χ4n) is 2.96. The number of ether oxygens (including phenoxy) is 2. The molecule has 150 valence electrons. The van der Waals surface area contributed by atoms with Crippen molar-refractivity contribution in [2.75, 3.05) is 43.6 Å². The van der Waals surface area contributed by atoms with E-state index in [0.717, 1.165) is 18.8 Å². The molecule has 0 unspecified atom stereocenters. The summed E-state index contributed by atoms with van der Waals surface area (Å²) in [6.45, 7) is 4.63. The van der Waals surface area contributed by atoms with Crippen LogP contribution in [0.15, 0.2) is 40.3 Å². The van der Waals surface area contributed by atoms with E-state index in [1.54, 1.807) is 19.1 Å². The Morgan fingerprint density at radius 1 is 1.24 bits per heavy atom. The van der Waals surface area contributed by atoms with Crippen molar-refractivity contribution >= 4 is 29.3 Å². The van der Waals surface area contributed by atoms with Crippen molar-refractivity contribution < 1.29 is 23.5 Å². The molecule has 0 aliphatic carbocycles. The van der Waals surface area contributed by atoms with Crippen molar-refractivity contribution in [3.63, 3.8) is 0 Å². The van der Waals surface area contributed by atoms with Crippen molar-refractivity contribution in [3.05, 3.63) is 53.0 Å². The summed E-state index contributed by atoms with van der Waals surface area (Å²) < 4.78 is 15.4. The normalized spacial score (nSPS) is 14.2. The monoisotopic (exact) mass is 395 g/mol. The SMILES string of the molecule is COC(=O)c1cc(/C=C(\C#N)C(=O)Nc2ccc(N3CCOCC3)cc2)oc1C. The van der Waals surface area contributed by atoms with Crippen LogP contribution in [0.1, 0.15) is 21.9 Å². The Kier molecular flexibility index (Phi) is 6.32. The third kappa shape index (κ3) is 4.83. The lowest BCUT2D eigenvalue weighted by atomic mass is 10.2. The molecule has 29 heavy (non-hydrogen) atoms. The Morgan fingerprint density at radius 3 is 2.55 bits per heavy atom. The van der Waals surface area contributed by atoms with Crippen molar-refractivity contribution in [2.24, 2.45) is 0 Å². The number of hydrogen-bond donors (Lipinski definition) is 1. The fourth-order valence-corrected chi connectivity index (χ4v) is 2.96. The van der Waals surface area contributed by atoms with Gasteiger partial charge in [0.15, 0.2) is 0 Å². The third-order valence-corrected chi connectivity index (χ3v) is 4.50. The molecule has 0 spiro atoms. The predicted octanol–water partition coefficient (Wildman–Crippen LogP) is 2.76. The molecule has 1 N–H and O–H groups in total. The van der Waals surface area contributed by atoms with Crippen LogP contribution in [0.5, 0.6) is 0 Å². The Morgan fingerprint density at radius 2 is 1.93 bits per heavy atom. The zero-order valence-corrected chi connectivity index (χ0v) is 16.2. The first kappa shape index (κ1) is 20.2. The molecule has 8 heteroatoms. The number of nitrogens with one attached hydrogen (secondary N) is 1. The van der Waals surface area contributed by atoms with Gasteiger partial charge in [-0.05, 0) is 37.3 Å². The number of rotatable bonds is 5. The minimum atomic E-state index is -0.569. The standard InChI is InChI=1S/C21H21N3O5/c1-14-19(21(26)27-2)12-18(29-14)11-15(13-22)20(25)23-16-3-5-17(6-4-16)24-7-9-28-10-8-24/h3-6,11-12H,7-10H2,1-2H3,(H,23,25)/b15-11+. The van der Waals surface area contributed by atoms with Gasteiger partial charge in [-0.1, -0.05) is 0 Å². The molecule has 2 aromatic rings. The molecule has 1 aromatic carbocycles. The lowest BCUT2D eigenvalue weighted by Crippen LogP contribution is -2.36. The first-order chi connectivity index (χ1) is 14.0. The van der Waals surface area contributed by atoms with Crippen LogP contribution in [0.25, 0.3) is 6.08 Å². The molecule has 0 radical (unpaired) electrons. The third-order valence-electron chi connectivity index (χ3n) is 4.50. The molecule has 1 aliphatic heterocycles. The summed E-state index contributed by atoms with van der Waals surface area (Å²) in [7, 11) is 1.27. The Balaban J connectivity index is 1.70. The number of anilines is 2. The molecule has 8 nitrogen and oxygen atoms in total.